The van der Waals surface area contributed by atoms with Gasteiger partial charge in [0.1, 0.15) is 28.8 Å². The number of carbonyl (C=O) groups is 9. The molecule has 0 atom stereocenters. The molecule has 1 aliphatic carbocycles. The Balaban J connectivity index is 0.000000178. The number of halogens is 5. The topological polar surface area (TPSA) is 241 Å². The Bertz CT molecular complexity index is 3820. The Morgan fingerprint density at radius 3 is 1.18 bits per heavy atom. The van der Waals surface area contributed by atoms with Crippen molar-refractivity contribution < 1.29 is 56.3 Å². The maximum absolute atomic E-state index is 13.6. The number of nitrogens with zero attached hydrogens (tertiary/aromatic N) is 3. The molecule has 23 heteroatoms. The monoisotopic (exact) mass is 1310 g/mol. The van der Waals surface area contributed by atoms with E-state index in [0.29, 0.717) is 107 Å². The summed E-state index contributed by atoms with van der Waals surface area (Å²) in [7, 11) is 0. The van der Waals surface area contributed by atoms with Crippen molar-refractivity contribution in [2.75, 3.05) is 16.0 Å². The van der Waals surface area contributed by atoms with E-state index in [4.69, 9.17) is 23.2 Å². The van der Waals surface area contributed by atoms with E-state index in [1.165, 1.54) is 48.5 Å². The summed E-state index contributed by atoms with van der Waals surface area (Å²) in [6.45, 7) is 21.1. The highest BCUT2D eigenvalue weighted by Crippen LogP contribution is 2.40. The lowest BCUT2D eigenvalue weighted by Crippen LogP contribution is -2.46. The summed E-state index contributed by atoms with van der Waals surface area (Å²) in [5.41, 5.74) is 4.96. The van der Waals surface area contributed by atoms with E-state index < -0.39 is 58.0 Å². The second kappa shape index (κ2) is 28.3. The number of hydrogen-bond acceptors (Lipinski definition) is 9. The second-order valence-corrected chi connectivity index (χ2v) is 26.6. The number of nitrogens with one attached hydrogen (secondary N) is 6. The fraction of sp³-hybridized carbons (Fsp3) is 0.435. The molecule has 6 N–H and O–H groups in total. The summed E-state index contributed by atoms with van der Waals surface area (Å²) in [6, 6.07) is 12.9. The number of ketones is 3. The quantitative estimate of drug-likeness (QED) is 0.0398. The van der Waals surface area contributed by atoms with E-state index in [1.807, 2.05) is 32.3 Å². The lowest BCUT2D eigenvalue weighted by atomic mass is 10.0. The van der Waals surface area contributed by atoms with Gasteiger partial charge in [-0.1, -0.05) is 37.0 Å². The molecule has 10 rings (SSSR count). The van der Waals surface area contributed by atoms with Crippen LogP contribution >= 0.6 is 23.2 Å². The number of benzene rings is 3. The molecule has 0 bridgehead atoms. The van der Waals surface area contributed by atoms with Gasteiger partial charge in [-0.15, -0.1) is 0 Å². The minimum absolute atomic E-state index is 0.0253. The predicted octanol–water partition coefficient (Wildman–Crippen LogP) is 13.0. The lowest BCUT2D eigenvalue weighted by molar-refractivity contribution is -0.119. The van der Waals surface area contributed by atoms with Gasteiger partial charge in [-0.25, -0.2) is 13.2 Å². The van der Waals surface area contributed by atoms with Crippen LogP contribution in [-0.2, 0) is 53.3 Å². The number of anilines is 3. The highest BCUT2D eigenvalue weighted by atomic mass is 35.5. The number of Topliss-reactive ketones (excluding diaryl/α,β-unsaturated/α-hetero) is 3. The smallest absolute Gasteiger partial charge is 0.294 e. The van der Waals surface area contributed by atoms with E-state index in [0.717, 1.165) is 63.5 Å². The summed E-state index contributed by atoms with van der Waals surface area (Å²) in [4.78, 5) is 116. The van der Waals surface area contributed by atoms with Crippen LogP contribution in [0, 0.1) is 45.1 Å². The van der Waals surface area contributed by atoms with E-state index in [-0.39, 0.29) is 61.5 Å². The van der Waals surface area contributed by atoms with Crippen molar-refractivity contribution >= 4 is 93.1 Å². The molecule has 92 heavy (non-hydrogen) atoms. The van der Waals surface area contributed by atoms with Gasteiger partial charge in [0.05, 0.1) is 32.4 Å². The van der Waals surface area contributed by atoms with Crippen LogP contribution in [0.3, 0.4) is 0 Å². The van der Waals surface area contributed by atoms with Gasteiger partial charge in [-0.2, -0.15) is 0 Å². The summed E-state index contributed by atoms with van der Waals surface area (Å²) in [6.07, 6.45) is 10.2. The fourth-order valence-corrected chi connectivity index (χ4v) is 12.5. The van der Waals surface area contributed by atoms with Crippen LogP contribution in [0.2, 0.25) is 10.0 Å². The molecule has 490 valence electrons. The minimum Gasteiger partial charge on any atom is -0.345 e. The molecule has 1 saturated carbocycles. The molecule has 3 aromatic carbocycles. The van der Waals surface area contributed by atoms with Gasteiger partial charge in [0.25, 0.3) is 52.8 Å². The first kappa shape index (κ1) is 69.6. The fourth-order valence-electron chi connectivity index (χ4n) is 11.7. The SMILES string of the molecule is CCC(C)(C)NC(=O)C(=O)c1c(Cl)c(C(=O)Nc2ccc(F)c(C)c2)c2n1CCCC2.CCC1(NC(=O)C(=O)c2c(C)c(C(=O)Nc3ccc(F)c(C)c3)c3n2CCCC3)CC1.Cc1cc(NC(=O)c2c(Cl)c(C(=O)C(=O)NC(C)(C)C)n3c2CCCC3)ccc1F. The first-order valence-corrected chi connectivity index (χ1v) is 31.9. The van der Waals surface area contributed by atoms with Crippen LogP contribution in [-0.4, -0.2) is 83.1 Å². The van der Waals surface area contributed by atoms with Crippen molar-refractivity contribution in [1.29, 1.82) is 0 Å². The van der Waals surface area contributed by atoms with Crippen molar-refractivity contribution in [1.82, 2.24) is 29.7 Å². The lowest BCUT2D eigenvalue weighted by Gasteiger charge is -2.24. The molecule has 3 aromatic heterocycles. The third-order valence-electron chi connectivity index (χ3n) is 17.3. The first-order chi connectivity index (χ1) is 43.3. The van der Waals surface area contributed by atoms with Crippen molar-refractivity contribution in [3.05, 3.63) is 155 Å². The molecule has 0 unspecified atom stereocenters. The Hall–Kier alpha value is -8.30. The molecule has 6 amide bonds. The number of carbonyl (C=O) groups excluding carboxylic acids is 9. The van der Waals surface area contributed by atoms with Crippen LogP contribution in [0.4, 0.5) is 30.2 Å². The van der Waals surface area contributed by atoms with Crippen LogP contribution < -0.4 is 31.9 Å². The van der Waals surface area contributed by atoms with E-state index >= 15 is 0 Å². The van der Waals surface area contributed by atoms with Gasteiger partial charge in [0.15, 0.2) is 0 Å². The average Bonchev–Trinajstić information content (AvgIpc) is 1.63. The Morgan fingerprint density at radius 2 is 0.837 bits per heavy atom. The molecule has 6 aromatic rings. The van der Waals surface area contributed by atoms with E-state index in [9.17, 15) is 56.3 Å². The highest BCUT2D eigenvalue weighted by molar-refractivity contribution is 6.49. The Morgan fingerprint density at radius 1 is 0.489 bits per heavy atom. The summed E-state index contributed by atoms with van der Waals surface area (Å²) in [5, 5.41) is 16.5. The van der Waals surface area contributed by atoms with Crippen molar-refractivity contribution in [3.8, 4) is 0 Å². The van der Waals surface area contributed by atoms with Gasteiger partial charge in [0, 0.05) is 70.4 Å². The number of hydrogen-bond donors (Lipinski definition) is 6. The number of aryl methyl sites for hydroxylation is 3. The summed E-state index contributed by atoms with van der Waals surface area (Å²) < 4.78 is 45.9. The molecular formula is C69H80Cl2F3N9O9. The molecule has 18 nitrogen and oxygen atoms in total. The zero-order chi connectivity index (χ0) is 67.5. The minimum atomic E-state index is -0.769. The number of amides is 6. The van der Waals surface area contributed by atoms with E-state index in [1.54, 1.807) is 63.7 Å². The maximum Gasteiger partial charge on any atom is 0.294 e. The third-order valence-corrected chi connectivity index (χ3v) is 18.0. The molecule has 0 radical (unpaired) electrons. The zero-order valence-electron chi connectivity index (χ0n) is 53.9. The largest absolute Gasteiger partial charge is 0.345 e. The van der Waals surface area contributed by atoms with Crippen LogP contribution in [0.25, 0.3) is 0 Å². The number of fused-ring (bicyclic) bond motifs is 3. The molecule has 1 fully saturated rings. The van der Waals surface area contributed by atoms with Gasteiger partial charge in [-0.3, -0.25) is 43.2 Å². The molecule has 0 spiro atoms. The van der Waals surface area contributed by atoms with Crippen molar-refractivity contribution in [3.63, 3.8) is 0 Å². The predicted molar refractivity (Wildman–Crippen MR) is 348 cm³/mol. The zero-order valence-corrected chi connectivity index (χ0v) is 55.4. The number of rotatable bonds is 16. The van der Waals surface area contributed by atoms with Crippen molar-refractivity contribution in [2.45, 2.75) is 196 Å². The van der Waals surface area contributed by atoms with Gasteiger partial charge < -0.3 is 45.6 Å². The Kier molecular flexibility index (Phi) is 21.4. The second-order valence-electron chi connectivity index (χ2n) is 25.8. The van der Waals surface area contributed by atoms with Crippen LogP contribution in [0.15, 0.2) is 54.6 Å². The summed E-state index contributed by atoms with van der Waals surface area (Å²) in [5.74, 6) is -6.64. The molecule has 4 aliphatic rings. The summed E-state index contributed by atoms with van der Waals surface area (Å²) >= 11 is 13.0. The Labute approximate surface area is 543 Å². The average molecular weight is 1310 g/mol. The van der Waals surface area contributed by atoms with Crippen molar-refractivity contribution in [2.24, 2.45) is 0 Å². The third kappa shape index (κ3) is 15.4. The molecule has 6 heterocycles. The highest BCUT2D eigenvalue weighted by Gasteiger charge is 2.44. The van der Waals surface area contributed by atoms with E-state index in [2.05, 4.69) is 31.9 Å². The molecule has 0 saturated heterocycles. The molecular weight excluding hydrogens is 1230 g/mol. The normalized spacial score (nSPS) is 14.5. The maximum atomic E-state index is 13.6. The number of aromatic nitrogens is 3. The van der Waals surface area contributed by atoms with Gasteiger partial charge in [0.2, 0.25) is 0 Å². The van der Waals surface area contributed by atoms with Crippen LogP contribution in [0.1, 0.15) is 215 Å². The van der Waals surface area contributed by atoms with Gasteiger partial charge >= 0.3 is 0 Å². The first-order valence-electron chi connectivity index (χ1n) is 31.2. The van der Waals surface area contributed by atoms with Crippen LogP contribution in [0.5, 0.6) is 0 Å². The van der Waals surface area contributed by atoms with Gasteiger partial charge in [-0.05, 0) is 223 Å². The molecule has 3 aliphatic heterocycles. The standard InChI is InChI=1S/C24H28FN3O3.C23H27ClFN3O3.C22H25ClFN3O3/c1-4-24(10-11-24)27-23(31)21(29)20-15(3)19(18-7-5-6-12-28(18)20)22(30)26-16-8-9-17(25)14(2)13-16;1-5-23(3,4)27-22(31)20(29)19-18(24)17(16-8-6-7-11-28(16)19)21(30)26-14-9-10-15(25)13(2)12-14;1-12-11-13(8-9-14(12)24)25-20(29)16-15-7-5-6-10-27(15)18(17(16)23)19(28)21(30)26-22(2,3)4/h8-9,13H,4-7,10-12H2,1-3H3,(H,26,30)(H,27,31);9-10,12H,5-8,11H2,1-4H3,(H,26,30)(H,27,31);8-9,11H,5-7,10H2,1-4H3,(H,25,29)(H,26,30).